The SMILES string of the molecule is CN1CCC(NS(=O)(=O)N2CCCCC2CN)CC1. The molecule has 0 aromatic carbocycles. The summed E-state index contributed by atoms with van der Waals surface area (Å²) in [7, 11) is -1.31. The Morgan fingerprint density at radius 1 is 1.16 bits per heavy atom. The molecular weight excluding hydrogens is 264 g/mol. The fraction of sp³-hybridized carbons (Fsp3) is 1.00. The second kappa shape index (κ2) is 6.49. The second-order valence-corrected chi connectivity index (χ2v) is 7.35. The molecule has 1 unspecified atom stereocenters. The molecule has 2 rings (SSSR count). The standard InChI is InChI=1S/C12H26N4O2S/c1-15-8-5-11(6-9-15)14-19(17,18)16-7-3-2-4-12(16)10-13/h11-12,14H,2-10,13H2,1H3. The average Bonchev–Trinajstić information content (AvgIpc) is 2.41. The molecule has 0 aromatic heterocycles. The summed E-state index contributed by atoms with van der Waals surface area (Å²) >= 11 is 0. The predicted molar refractivity (Wildman–Crippen MR) is 76.0 cm³/mol. The molecule has 2 aliphatic heterocycles. The number of hydrogen-bond acceptors (Lipinski definition) is 4. The van der Waals surface area contributed by atoms with Crippen molar-refractivity contribution in [3.05, 3.63) is 0 Å². The lowest BCUT2D eigenvalue weighted by atomic mass is 10.1. The molecule has 2 saturated heterocycles. The lowest BCUT2D eigenvalue weighted by Crippen LogP contribution is -2.54. The predicted octanol–water partition coefficient (Wildman–Crippen LogP) is -0.272. The van der Waals surface area contributed by atoms with Crippen LogP contribution in [0.15, 0.2) is 0 Å². The van der Waals surface area contributed by atoms with E-state index in [1.165, 1.54) is 0 Å². The van der Waals surface area contributed by atoms with Crippen LogP contribution in [-0.4, -0.2) is 62.9 Å². The number of hydrogen-bond donors (Lipinski definition) is 2. The van der Waals surface area contributed by atoms with Crippen molar-refractivity contribution in [2.75, 3.05) is 33.2 Å². The van der Waals surface area contributed by atoms with Gasteiger partial charge in [0.15, 0.2) is 0 Å². The topological polar surface area (TPSA) is 78.7 Å². The van der Waals surface area contributed by atoms with Crippen LogP contribution in [0.3, 0.4) is 0 Å². The zero-order valence-corrected chi connectivity index (χ0v) is 12.5. The molecule has 7 heteroatoms. The van der Waals surface area contributed by atoms with Crippen molar-refractivity contribution in [2.45, 2.75) is 44.2 Å². The fourth-order valence-electron chi connectivity index (χ4n) is 2.93. The number of nitrogens with one attached hydrogen (secondary N) is 1. The van der Waals surface area contributed by atoms with Gasteiger partial charge in [0.1, 0.15) is 0 Å². The Morgan fingerprint density at radius 2 is 1.84 bits per heavy atom. The Hall–Kier alpha value is -0.210. The Bertz CT molecular complexity index is 379. The molecule has 0 amide bonds. The number of nitrogens with two attached hydrogens (primary N) is 1. The van der Waals surface area contributed by atoms with Gasteiger partial charge in [0.2, 0.25) is 0 Å². The van der Waals surface area contributed by atoms with Crippen LogP contribution < -0.4 is 10.5 Å². The van der Waals surface area contributed by atoms with Crippen molar-refractivity contribution >= 4 is 10.2 Å². The van der Waals surface area contributed by atoms with Gasteiger partial charge in [-0.05, 0) is 45.8 Å². The number of nitrogens with zero attached hydrogens (tertiary/aromatic N) is 2. The molecule has 0 bridgehead atoms. The van der Waals surface area contributed by atoms with Gasteiger partial charge in [-0.2, -0.15) is 17.4 Å². The third kappa shape index (κ3) is 3.88. The fourth-order valence-corrected chi connectivity index (χ4v) is 4.68. The molecule has 19 heavy (non-hydrogen) atoms. The highest BCUT2D eigenvalue weighted by Crippen LogP contribution is 2.20. The lowest BCUT2D eigenvalue weighted by Gasteiger charge is -2.36. The van der Waals surface area contributed by atoms with Crippen LogP contribution in [0.5, 0.6) is 0 Å². The van der Waals surface area contributed by atoms with Gasteiger partial charge in [0.05, 0.1) is 0 Å². The highest BCUT2D eigenvalue weighted by Gasteiger charge is 2.33. The molecule has 0 aromatic rings. The number of rotatable bonds is 4. The molecule has 2 heterocycles. The van der Waals surface area contributed by atoms with Crippen molar-refractivity contribution in [1.29, 1.82) is 0 Å². The Labute approximate surface area is 116 Å². The minimum Gasteiger partial charge on any atom is -0.329 e. The van der Waals surface area contributed by atoms with E-state index < -0.39 is 10.2 Å². The second-order valence-electron chi connectivity index (χ2n) is 5.70. The summed E-state index contributed by atoms with van der Waals surface area (Å²) in [5, 5.41) is 0. The molecule has 2 fully saturated rings. The molecule has 0 saturated carbocycles. The van der Waals surface area contributed by atoms with Gasteiger partial charge >= 0.3 is 0 Å². The van der Waals surface area contributed by atoms with Crippen LogP contribution in [0.1, 0.15) is 32.1 Å². The quantitative estimate of drug-likeness (QED) is 0.747. The first kappa shape index (κ1) is 15.2. The maximum Gasteiger partial charge on any atom is 0.279 e. The van der Waals surface area contributed by atoms with Gasteiger partial charge in [0.25, 0.3) is 10.2 Å². The summed E-state index contributed by atoms with van der Waals surface area (Å²) in [4.78, 5) is 2.23. The van der Waals surface area contributed by atoms with E-state index in [1.807, 2.05) is 0 Å². The van der Waals surface area contributed by atoms with E-state index in [4.69, 9.17) is 5.73 Å². The monoisotopic (exact) mass is 290 g/mol. The maximum absolute atomic E-state index is 12.5. The Morgan fingerprint density at radius 3 is 2.47 bits per heavy atom. The summed E-state index contributed by atoms with van der Waals surface area (Å²) in [5.74, 6) is 0. The van der Waals surface area contributed by atoms with E-state index in [9.17, 15) is 8.42 Å². The van der Waals surface area contributed by atoms with E-state index in [-0.39, 0.29) is 12.1 Å². The summed E-state index contributed by atoms with van der Waals surface area (Å²) in [5.41, 5.74) is 5.70. The van der Waals surface area contributed by atoms with Crippen LogP contribution in [0, 0.1) is 0 Å². The molecule has 3 N–H and O–H groups in total. The van der Waals surface area contributed by atoms with Crippen molar-refractivity contribution in [2.24, 2.45) is 5.73 Å². The molecule has 6 nitrogen and oxygen atoms in total. The van der Waals surface area contributed by atoms with Crippen molar-refractivity contribution in [3.8, 4) is 0 Å². The minimum absolute atomic E-state index is 0.0301. The molecule has 0 aliphatic carbocycles. The molecule has 112 valence electrons. The van der Waals surface area contributed by atoms with E-state index >= 15 is 0 Å². The van der Waals surface area contributed by atoms with Gasteiger partial charge < -0.3 is 10.6 Å². The van der Waals surface area contributed by atoms with Crippen LogP contribution >= 0.6 is 0 Å². The highest BCUT2D eigenvalue weighted by molar-refractivity contribution is 7.87. The lowest BCUT2D eigenvalue weighted by molar-refractivity contribution is 0.232. The Kier molecular flexibility index (Phi) is 5.19. The van der Waals surface area contributed by atoms with Gasteiger partial charge in [-0.3, -0.25) is 0 Å². The third-order valence-electron chi connectivity index (χ3n) is 4.19. The van der Waals surface area contributed by atoms with Crippen molar-refractivity contribution in [3.63, 3.8) is 0 Å². The summed E-state index contributed by atoms with van der Waals surface area (Å²) < 4.78 is 29.3. The van der Waals surface area contributed by atoms with Crippen molar-refractivity contribution in [1.82, 2.24) is 13.9 Å². The maximum atomic E-state index is 12.5. The Balaban J connectivity index is 1.96. The smallest absolute Gasteiger partial charge is 0.279 e. The molecular formula is C12H26N4O2S. The van der Waals surface area contributed by atoms with Crippen LogP contribution in [0.2, 0.25) is 0 Å². The minimum atomic E-state index is -3.38. The average molecular weight is 290 g/mol. The van der Waals surface area contributed by atoms with Crippen LogP contribution in [-0.2, 0) is 10.2 Å². The zero-order chi connectivity index (χ0) is 13.9. The van der Waals surface area contributed by atoms with Crippen LogP contribution in [0.25, 0.3) is 0 Å². The normalized spacial score (nSPS) is 28.6. The molecule has 1 atom stereocenters. The van der Waals surface area contributed by atoms with E-state index in [1.54, 1.807) is 4.31 Å². The van der Waals surface area contributed by atoms with Gasteiger partial charge in [-0.25, -0.2) is 0 Å². The molecule has 0 spiro atoms. The first-order valence-electron chi connectivity index (χ1n) is 7.20. The summed E-state index contributed by atoms with van der Waals surface area (Å²) in [6.45, 7) is 2.92. The summed E-state index contributed by atoms with van der Waals surface area (Å²) in [6, 6.07) is 0.0408. The van der Waals surface area contributed by atoms with E-state index in [2.05, 4.69) is 16.7 Å². The van der Waals surface area contributed by atoms with Gasteiger partial charge in [-0.1, -0.05) is 6.42 Å². The van der Waals surface area contributed by atoms with Gasteiger partial charge in [-0.15, -0.1) is 0 Å². The van der Waals surface area contributed by atoms with Gasteiger partial charge in [0, 0.05) is 25.2 Å². The highest BCUT2D eigenvalue weighted by atomic mass is 32.2. The first-order valence-corrected chi connectivity index (χ1v) is 8.64. The van der Waals surface area contributed by atoms with E-state index in [0.717, 1.165) is 45.2 Å². The zero-order valence-electron chi connectivity index (χ0n) is 11.7. The first-order chi connectivity index (χ1) is 9.03. The van der Waals surface area contributed by atoms with E-state index in [0.29, 0.717) is 13.1 Å². The third-order valence-corrected chi connectivity index (χ3v) is 5.92. The van der Waals surface area contributed by atoms with Crippen LogP contribution in [0.4, 0.5) is 0 Å². The largest absolute Gasteiger partial charge is 0.329 e. The summed E-state index contributed by atoms with van der Waals surface area (Å²) in [6.07, 6.45) is 4.66. The molecule has 2 aliphatic rings. The van der Waals surface area contributed by atoms with Crippen molar-refractivity contribution < 1.29 is 8.42 Å². The number of likely N-dealkylation sites (tertiary alicyclic amines) is 1. The number of piperidine rings is 2. The molecule has 0 radical (unpaired) electrons.